The molecule has 4 N–H and O–H groups in total. The third kappa shape index (κ3) is 11.1. The second-order valence-electron chi connectivity index (χ2n) is 10.4. The molecule has 0 fully saturated rings. The van der Waals surface area contributed by atoms with Crippen LogP contribution >= 0.6 is 11.8 Å². The molecule has 0 saturated heterocycles. The number of rotatable bonds is 4. The monoisotopic (exact) mass is 506 g/mol. The Balaban J connectivity index is 0.000000975. The van der Waals surface area contributed by atoms with Gasteiger partial charge in [0.05, 0.1) is 0 Å². The third-order valence-corrected chi connectivity index (χ3v) is 6.35. The van der Waals surface area contributed by atoms with Crippen LogP contribution in [0.5, 0.6) is 11.5 Å². The normalized spacial score (nSPS) is 11.0. The molecule has 0 bridgehead atoms. The van der Waals surface area contributed by atoms with Crippen LogP contribution in [0.25, 0.3) is 0 Å². The van der Waals surface area contributed by atoms with Crippen LogP contribution in [-0.4, -0.2) is 32.4 Å². The predicted octanol–water partition coefficient (Wildman–Crippen LogP) is 7.42. The summed E-state index contributed by atoms with van der Waals surface area (Å²) in [5, 5.41) is 36.1. The fourth-order valence-electron chi connectivity index (χ4n) is 2.89. The van der Waals surface area contributed by atoms with Crippen molar-refractivity contribution in [2.45, 2.75) is 103 Å². The molecular formula is C28H42O6S. The number of aryl methyl sites for hydroxylation is 2. The van der Waals surface area contributed by atoms with Gasteiger partial charge in [0.1, 0.15) is 11.5 Å². The Labute approximate surface area is 214 Å². The number of aromatic hydroxyl groups is 2. The Hall–Kier alpha value is -2.67. The van der Waals surface area contributed by atoms with Gasteiger partial charge in [0, 0.05) is 33.8 Å². The number of carbonyl (C=O) groups is 2. The van der Waals surface area contributed by atoms with E-state index in [1.54, 1.807) is 25.6 Å². The summed E-state index contributed by atoms with van der Waals surface area (Å²) in [6.45, 7) is 19.9. The number of carboxylic acids is 2. The van der Waals surface area contributed by atoms with E-state index in [9.17, 15) is 19.8 Å². The molecule has 0 aliphatic heterocycles. The van der Waals surface area contributed by atoms with Crippen molar-refractivity contribution in [2.75, 3.05) is 0 Å². The van der Waals surface area contributed by atoms with E-state index >= 15 is 0 Å². The summed E-state index contributed by atoms with van der Waals surface area (Å²) in [5.41, 5.74) is 3.78. The Morgan fingerprint density at radius 2 is 0.943 bits per heavy atom. The molecule has 0 saturated carbocycles. The van der Waals surface area contributed by atoms with E-state index < -0.39 is 11.9 Å². The molecule has 7 heteroatoms. The van der Waals surface area contributed by atoms with Crippen LogP contribution in [0.2, 0.25) is 0 Å². The largest absolute Gasteiger partial charge is 0.508 e. The number of hydrogen-bond acceptors (Lipinski definition) is 5. The third-order valence-electron chi connectivity index (χ3n) is 5.03. The highest BCUT2D eigenvalue weighted by atomic mass is 32.2. The minimum Gasteiger partial charge on any atom is -0.508 e. The topological polar surface area (TPSA) is 115 Å². The lowest BCUT2D eigenvalue weighted by Crippen LogP contribution is -2.12. The van der Waals surface area contributed by atoms with Gasteiger partial charge in [0.2, 0.25) is 0 Å². The molecule has 196 valence electrons. The predicted molar refractivity (Wildman–Crippen MR) is 143 cm³/mol. The van der Waals surface area contributed by atoms with Crippen LogP contribution in [0.15, 0.2) is 34.1 Å². The molecule has 2 aromatic carbocycles. The molecule has 0 aliphatic carbocycles. The maximum absolute atomic E-state index is 10.3. The number of hydrogen-bond donors (Lipinski definition) is 4. The minimum atomic E-state index is -0.745. The second-order valence-corrected chi connectivity index (χ2v) is 11.5. The molecular weight excluding hydrogens is 464 g/mol. The molecule has 0 amide bonds. The van der Waals surface area contributed by atoms with Crippen LogP contribution in [-0.2, 0) is 20.4 Å². The fraction of sp³-hybridized carbons (Fsp3) is 0.500. The molecule has 0 aliphatic rings. The average molecular weight is 507 g/mol. The first kappa shape index (κ1) is 32.3. The summed E-state index contributed by atoms with van der Waals surface area (Å²) in [6.07, 6.45) is 0.444. The van der Waals surface area contributed by atoms with E-state index in [2.05, 4.69) is 53.7 Å². The second kappa shape index (κ2) is 13.4. The van der Waals surface area contributed by atoms with Crippen LogP contribution < -0.4 is 0 Å². The minimum absolute atomic E-state index is 0.117. The first-order valence-corrected chi connectivity index (χ1v) is 12.5. The Morgan fingerprint density at radius 1 is 0.686 bits per heavy atom. The van der Waals surface area contributed by atoms with Crippen molar-refractivity contribution in [1.82, 2.24) is 0 Å². The van der Waals surface area contributed by atoms with Crippen molar-refractivity contribution in [2.24, 2.45) is 0 Å². The zero-order chi connectivity index (χ0) is 27.7. The smallest absolute Gasteiger partial charge is 0.303 e. The van der Waals surface area contributed by atoms with Gasteiger partial charge in [-0.15, -0.1) is 0 Å². The molecule has 0 spiro atoms. The molecule has 0 unspecified atom stereocenters. The van der Waals surface area contributed by atoms with Gasteiger partial charge in [-0.1, -0.05) is 67.2 Å². The Kier molecular flexibility index (Phi) is 12.4. The molecule has 6 nitrogen and oxygen atoms in total. The zero-order valence-corrected chi connectivity index (χ0v) is 23.6. The molecule has 0 radical (unpaired) electrons. The lowest BCUT2D eigenvalue weighted by Gasteiger charge is -2.24. The highest BCUT2D eigenvalue weighted by Crippen LogP contribution is 2.42. The van der Waals surface area contributed by atoms with Gasteiger partial charge in [-0.25, -0.2) is 0 Å². The van der Waals surface area contributed by atoms with Crippen LogP contribution in [0.1, 0.15) is 90.5 Å². The molecule has 35 heavy (non-hydrogen) atoms. The number of carboxylic acid groups (broad SMARTS) is 2. The van der Waals surface area contributed by atoms with Crippen LogP contribution in [0.3, 0.4) is 0 Å². The Bertz CT molecular complexity index is 932. The zero-order valence-electron chi connectivity index (χ0n) is 22.7. The number of phenolic OH excluding ortho intramolecular Hbond substituents is 2. The van der Waals surface area contributed by atoms with E-state index in [1.165, 1.54) is 0 Å². The summed E-state index contributed by atoms with van der Waals surface area (Å²) in [4.78, 5) is 21.0. The number of aliphatic carboxylic acids is 2. The van der Waals surface area contributed by atoms with E-state index in [-0.39, 0.29) is 23.7 Å². The SMILES string of the molecule is CCC(=O)O.CCC(=O)O.Cc1cc(O)c(C(C)(C)C)cc1Sc1cc(C(C)(C)C)c(O)cc1C. The van der Waals surface area contributed by atoms with E-state index in [0.29, 0.717) is 11.5 Å². The van der Waals surface area contributed by atoms with Gasteiger partial charge in [0.25, 0.3) is 0 Å². The van der Waals surface area contributed by atoms with Crippen molar-refractivity contribution in [1.29, 1.82) is 0 Å². The van der Waals surface area contributed by atoms with E-state index in [1.807, 2.05) is 26.0 Å². The lowest BCUT2D eigenvalue weighted by atomic mass is 9.86. The van der Waals surface area contributed by atoms with Crippen molar-refractivity contribution in [3.8, 4) is 11.5 Å². The Morgan fingerprint density at radius 3 is 1.14 bits per heavy atom. The highest BCUT2D eigenvalue weighted by Gasteiger charge is 2.22. The summed E-state index contributed by atoms with van der Waals surface area (Å²) >= 11 is 1.70. The van der Waals surface area contributed by atoms with Gasteiger partial charge in [-0.3, -0.25) is 9.59 Å². The summed E-state index contributed by atoms with van der Waals surface area (Å²) < 4.78 is 0. The van der Waals surface area contributed by atoms with Gasteiger partial charge in [-0.05, 0) is 60.1 Å². The maximum atomic E-state index is 10.3. The quantitative estimate of drug-likeness (QED) is 0.341. The molecule has 0 aromatic heterocycles. The summed E-state index contributed by atoms with van der Waals surface area (Å²) in [7, 11) is 0. The first-order chi connectivity index (χ1) is 15.8. The van der Waals surface area contributed by atoms with Crippen LogP contribution in [0, 0.1) is 13.8 Å². The van der Waals surface area contributed by atoms with Gasteiger partial charge >= 0.3 is 11.9 Å². The summed E-state index contributed by atoms with van der Waals surface area (Å²) in [5.74, 6) is -0.783. The fourth-order valence-corrected chi connectivity index (χ4v) is 3.92. The van der Waals surface area contributed by atoms with Gasteiger partial charge in [0.15, 0.2) is 0 Å². The number of benzene rings is 2. The average Bonchev–Trinajstić information content (AvgIpc) is 2.70. The molecule has 0 atom stereocenters. The van der Waals surface area contributed by atoms with E-state index in [0.717, 1.165) is 32.0 Å². The van der Waals surface area contributed by atoms with E-state index in [4.69, 9.17) is 10.2 Å². The van der Waals surface area contributed by atoms with Crippen molar-refractivity contribution >= 4 is 23.7 Å². The molecule has 2 rings (SSSR count). The summed E-state index contributed by atoms with van der Waals surface area (Å²) in [6, 6.07) is 7.89. The molecule has 0 heterocycles. The van der Waals surface area contributed by atoms with Crippen molar-refractivity contribution < 1.29 is 30.0 Å². The number of phenols is 2. The first-order valence-electron chi connectivity index (χ1n) is 11.6. The lowest BCUT2D eigenvalue weighted by molar-refractivity contribution is -0.137. The van der Waals surface area contributed by atoms with Gasteiger partial charge in [-0.2, -0.15) is 0 Å². The standard InChI is InChI=1S/C22H30O2S.2C3H6O2/c1-13-9-17(23)15(21(3,4)5)11-19(13)25-20-12-16(22(6,7)8)18(24)10-14(20)2;2*1-2-3(4)5/h9-12,23-24H,1-8H3;2*2H2,1H3,(H,4,5). The van der Waals surface area contributed by atoms with Gasteiger partial charge < -0.3 is 20.4 Å². The van der Waals surface area contributed by atoms with Crippen LogP contribution in [0.4, 0.5) is 0 Å². The van der Waals surface area contributed by atoms with Crippen molar-refractivity contribution in [3.05, 3.63) is 46.5 Å². The molecule has 2 aromatic rings. The maximum Gasteiger partial charge on any atom is 0.303 e. The van der Waals surface area contributed by atoms with Crippen molar-refractivity contribution in [3.63, 3.8) is 0 Å². The highest BCUT2D eigenvalue weighted by molar-refractivity contribution is 7.99.